The van der Waals surface area contributed by atoms with Gasteiger partial charge in [0.25, 0.3) is 0 Å². The van der Waals surface area contributed by atoms with Crippen molar-refractivity contribution in [3.05, 3.63) is 66.5 Å². The van der Waals surface area contributed by atoms with Crippen LogP contribution in [0.4, 0.5) is 13.2 Å². The molecule has 2 nitrogen and oxygen atoms in total. The number of benzene rings is 2. The molecule has 0 aliphatic rings. The first-order valence-electron chi connectivity index (χ1n) is 6.28. The molecule has 1 N–H and O–H groups in total. The number of hydrogen-bond donors (Lipinski definition) is 0. The van der Waals surface area contributed by atoms with Gasteiger partial charge in [-0.2, -0.15) is 13.2 Å². The number of aromatic nitrogens is 1. The fourth-order valence-electron chi connectivity index (χ4n) is 2.08. The minimum absolute atomic E-state index is 0.154. The van der Waals surface area contributed by atoms with Crippen LogP contribution in [0.1, 0.15) is 5.56 Å². The topological polar surface area (TPSA) is 23.4 Å². The molecule has 5 heteroatoms. The van der Waals surface area contributed by atoms with Crippen LogP contribution in [0.15, 0.2) is 60.9 Å². The first-order valence-corrected chi connectivity index (χ1v) is 6.28. The Morgan fingerprint density at radius 1 is 0.952 bits per heavy atom. The van der Waals surface area contributed by atoms with Crippen molar-refractivity contribution in [1.29, 1.82) is 0 Å². The van der Waals surface area contributed by atoms with Crippen LogP contribution in [0.3, 0.4) is 0 Å². The van der Waals surface area contributed by atoms with Gasteiger partial charge in [-0.3, -0.25) is 0 Å². The molecule has 2 aromatic carbocycles. The maximum absolute atomic E-state index is 12.7. The number of alkyl halides is 3. The number of hydrogen-bond acceptors (Lipinski definition) is 1. The van der Waals surface area contributed by atoms with E-state index in [1.165, 1.54) is 12.1 Å². The lowest BCUT2D eigenvalue weighted by Gasteiger charge is -2.10. The fourth-order valence-corrected chi connectivity index (χ4v) is 2.08. The van der Waals surface area contributed by atoms with Gasteiger partial charge in [0.15, 0.2) is 12.4 Å². The summed E-state index contributed by atoms with van der Waals surface area (Å²) in [5, 5.41) is 1.75. The van der Waals surface area contributed by atoms with E-state index in [9.17, 15) is 13.2 Å². The molecule has 0 saturated heterocycles. The summed E-state index contributed by atoms with van der Waals surface area (Å²) in [6.07, 6.45) is -0.861. The molecule has 1 aromatic heterocycles. The summed E-state index contributed by atoms with van der Waals surface area (Å²) in [6, 6.07) is 12.1. The third-order valence-corrected chi connectivity index (χ3v) is 3.08. The first-order chi connectivity index (χ1) is 10.0. The number of ether oxygens (including phenoxy) is 1. The van der Waals surface area contributed by atoms with Crippen molar-refractivity contribution in [2.75, 3.05) is 0 Å². The number of nitrogens with one attached hydrogen (secondary N) is 1. The Hall–Kier alpha value is -2.56. The summed E-state index contributed by atoms with van der Waals surface area (Å²) in [5.74, 6) is 0.657. The van der Waals surface area contributed by atoms with Gasteiger partial charge in [0, 0.05) is 6.07 Å². The number of pyridine rings is 1. The zero-order valence-corrected chi connectivity index (χ0v) is 10.8. The second-order valence-electron chi connectivity index (χ2n) is 4.53. The highest BCUT2D eigenvalue weighted by atomic mass is 19.4. The van der Waals surface area contributed by atoms with Gasteiger partial charge >= 0.3 is 6.18 Å². The second kappa shape index (κ2) is 5.09. The number of H-pyrrole nitrogens is 1. The van der Waals surface area contributed by atoms with E-state index in [-0.39, 0.29) is 5.75 Å². The van der Waals surface area contributed by atoms with E-state index in [0.29, 0.717) is 5.75 Å². The van der Waals surface area contributed by atoms with Crippen LogP contribution in [-0.2, 0) is 6.18 Å². The largest absolute Gasteiger partial charge is 0.456 e. The molecule has 0 spiro atoms. The van der Waals surface area contributed by atoms with Gasteiger partial charge in [0.2, 0.25) is 0 Å². The van der Waals surface area contributed by atoms with Gasteiger partial charge in [0.05, 0.1) is 10.9 Å². The molecule has 0 aliphatic heterocycles. The molecule has 0 radical (unpaired) electrons. The van der Waals surface area contributed by atoms with E-state index in [4.69, 9.17) is 4.74 Å². The Labute approximate surface area is 118 Å². The van der Waals surface area contributed by atoms with E-state index >= 15 is 0 Å². The molecule has 3 aromatic rings. The van der Waals surface area contributed by atoms with E-state index < -0.39 is 11.7 Å². The normalized spacial score (nSPS) is 11.6. The maximum Gasteiger partial charge on any atom is 0.416 e. The number of halogens is 3. The molecule has 3 rings (SSSR count). The Morgan fingerprint density at radius 2 is 1.76 bits per heavy atom. The van der Waals surface area contributed by atoms with Gasteiger partial charge in [-0.15, -0.1) is 0 Å². The predicted octanol–water partition coefficient (Wildman–Crippen LogP) is 4.47. The van der Waals surface area contributed by atoms with Crippen LogP contribution < -0.4 is 9.72 Å². The lowest BCUT2D eigenvalue weighted by atomic mass is 10.1. The average molecular weight is 290 g/mol. The minimum atomic E-state index is -4.38. The summed E-state index contributed by atoms with van der Waals surface area (Å²) in [6.45, 7) is 0. The van der Waals surface area contributed by atoms with E-state index in [0.717, 1.165) is 22.9 Å². The molecule has 0 aliphatic carbocycles. The summed E-state index contributed by atoms with van der Waals surface area (Å²) < 4.78 is 43.7. The van der Waals surface area contributed by atoms with Crippen molar-refractivity contribution in [1.82, 2.24) is 0 Å². The van der Waals surface area contributed by atoms with Crippen LogP contribution in [-0.4, -0.2) is 0 Å². The molecule has 0 amide bonds. The maximum atomic E-state index is 12.7. The molecule has 1 heterocycles. The zero-order valence-electron chi connectivity index (χ0n) is 10.8. The minimum Gasteiger partial charge on any atom is -0.456 e. The Bertz CT molecular complexity index is 778. The fraction of sp³-hybridized carbons (Fsp3) is 0.0625. The van der Waals surface area contributed by atoms with Gasteiger partial charge in [0.1, 0.15) is 11.5 Å². The SMILES string of the molecule is FC(F)(F)c1cccc(Oc2cccc3cc[nH+]cc23)c1. The molecule has 0 unspecified atom stereocenters. The number of fused-ring (bicyclic) bond motifs is 1. The highest BCUT2D eigenvalue weighted by Gasteiger charge is 2.30. The molecular weight excluding hydrogens is 279 g/mol. The van der Waals surface area contributed by atoms with Crippen molar-refractivity contribution in [2.45, 2.75) is 6.18 Å². The Balaban J connectivity index is 1.99. The third kappa shape index (κ3) is 2.81. The van der Waals surface area contributed by atoms with E-state index in [1.54, 1.807) is 24.5 Å². The van der Waals surface area contributed by atoms with Crippen molar-refractivity contribution >= 4 is 10.8 Å². The lowest BCUT2D eigenvalue weighted by Crippen LogP contribution is -2.04. The highest BCUT2D eigenvalue weighted by molar-refractivity contribution is 5.86. The summed E-state index contributed by atoms with van der Waals surface area (Å²) in [5.41, 5.74) is -0.730. The lowest BCUT2D eigenvalue weighted by molar-refractivity contribution is -0.375. The number of rotatable bonds is 2. The highest BCUT2D eigenvalue weighted by Crippen LogP contribution is 2.34. The second-order valence-corrected chi connectivity index (χ2v) is 4.53. The van der Waals surface area contributed by atoms with Gasteiger partial charge in [-0.1, -0.05) is 18.2 Å². The molecule has 0 atom stereocenters. The third-order valence-electron chi connectivity index (χ3n) is 3.08. The molecule has 106 valence electrons. The quantitative estimate of drug-likeness (QED) is 0.683. The van der Waals surface area contributed by atoms with Gasteiger partial charge in [-0.25, -0.2) is 4.98 Å². The van der Waals surface area contributed by atoms with Crippen LogP contribution in [0.25, 0.3) is 10.8 Å². The average Bonchev–Trinajstić information content (AvgIpc) is 2.47. The van der Waals surface area contributed by atoms with Crippen LogP contribution in [0.2, 0.25) is 0 Å². The van der Waals surface area contributed by atoms with Crippen molar-refractivity contribution < 1.29 is 22.9 Å². The Kier molecular flexibility index (Phi) is 3.25. The molecule has 0 saturated carbocycles. The van der Waals surface area contributed by atoms with Crippen LogP contribution in [0, 0.1) is 0 Å². The summed E-state index contributed by atoms with van der Waals surface area (Å²) in [7, 11) is 0. The summed E-state index contributed by atoms with van der Waals surface area (Å²) in [4.78, 5) is 2.94. The molecule has 0 fully saturated rings. The van der Waals surface area contributed by atoms with Crippen molar-refractivity contribution in [3.63, 3.8) is 0 Å². The number of aromatic amines is 1. The molecular formula is C16H11F3NO+. The van der Waals surface area contributed by atoms with E-state index in [1.807, 2.05) is 12.1 Å². The van der Waals surface area contributed by atoms with Gasteiger partial charge < -0.3 is 4.74 Å². The van der Waals surface area contributed by atoms with E-state index in [2.05, 4.69) is 4.98 Å². The Morgan fingerprint density at radius 3 is 2.57 bits per heavy atom. The smallest absolute Gasteiger partial charge is 0.416 e. The predicted molar refractivity (Wildman–Crippen MR) is 72.0 cm³/mol. The van der Waals surface area contributed by atoms with Crippen LogP contribution in [0.5, 0.6) is 11.5 Å². The zero-order chi connectivity index (χ0) is 14.9. The standard InChI is InChI=1S/C16H10F3NO/c17-16(18,19)12-4-2-5-13(9-12)21-15-6-1-3-11-7-8-20-10-14(11)15/h1-10H/p+1. The van der Waals surface area contributed by atoms with Gasteiger partial charge in [-0.05, 0) is 29.7 Å². The van der Waals surface area contributed by atoms with Crippen molar-refractivity contribution in [2.24, 2.45) is 0 Å². The molecule has 0 bridgehead atoms. The van der Waals surface area contributed by atoms with Crippen LogP contribution >= 0.6 is 0 Å². The van der Waals surface area contributed by atoms with Crippen molar-refractivity contribution in [3.8, 4) is 11.5 Å². The summed E-state index contributed by atoms with van der Waals surface area (Å²) >= 11 is 0. The first kappa shape index (κ1) is 13.4. The molecule has 21 heavy (non-hydrogen) atoms. The monoisotopic (exact) mass is 290 g/mol.